The van der Waals surface area contributed by atoms with E-state index in [1.165, 1.54) is 6.26 Å². The summed E-state index contributed by atoms with van der Waals surface area (Å²) in [5.74, 6) is 1.23. The highest BCUT2D eigenvalue weighted by atomic mass is 16.5. The fourth-order valence-corrected chi connectivity index (χ4v) is 1.23. The SMILES string of the molecule is CC(O)(CN)Cc1nc(-c2ccco2)no1. The molecule has 0 bridgehead atoms. The average Bonchev–Trinajstić information content (AvgIpc) is 2.86. The topological polar surface area (TPSA) is 98.3 Å². The van der Waals surface area contributed by atoms with Crippen molar-refractivity contribution in [3.05, 3.63) is 24.3 Å². The quantitative estimate of drug-likeness (QED) is 0.786. The van der Waals surface area contributed by atoms with Crippen LogP contribution in [0, 0.1) is 0 Å². The number of aliphatic hydroxyl groups is 1. The van der Waals surface area contributed by atoms with E-state index < -0.39 is 5.60 Å². The second-order valence-electron chi connectivity index (χ2n) is 3.87. The molecule has 2 aromatic rings. The standard InChI is InChI=1S/C10H13N3O3/c1-10(14,6-11)5-8-12-9(13-16-8)7-3-2-4-15-7/h2-4,14H,5-6,11H2,1H3. The Balaban J connectivity index is 2.14. The van der Waals surface area contributed by atoms with Gasteiger partial charge in [-0.3, -0.25) is 0 Å². The van der Waals surface area contributed by atoms with Gasteiger partial charge in [0, 0.05) is 6.54 Å². The molecule has 0 saturated heterocycles. The van der Waals surface area contributed by atoms with Gasteiger partial charge in [-0.2, -0.15) is 4.98 Å². The third kappa shape index (κ3) is 2.29. The Hall–Kier alpha value is -1.66. The van der Waals surface area contributed by atoms with Crippen LogP contribution < -0.4 is 5.73 Å². The minimum absolute atomic E-state index is 0.130. The average molecular weight is 223 g/mol. The van der Waals surface area contributed by atoms with Crippen LogP contribution in [0.1, 0.15) is 12.8 Å². The molecular weight excluding hydrogens is 210 g/mol. The van der Waals surface area contributed by atoms with E-state index in [1.54, 1.807) is 19.1 Å². The van der Waals surface area contributed by atoms with Gasteiger partial charge in [-0.05, 0) is 19.1 Å². The molecule has 6 heteroatoms. The van der Waals surface area contributed by atoms with E-state index in [-0.39, 0.29) is 13.0 Å². The van der Waals surface area contributed by atoms with Gasteiger partial charge in [0.15, 0.2) is 5.76 Å². The summed E-state index contributed by atoms with van der Waals surface area (Å²) in [7, 11) is 0. The van der Waals surface area contributed by atoms with Crippen molar-refractivity contribution in [3.8, 4) is 11.6 Å². The zero-order chi connectivity index (χ0) is 11.6. The number of hydrogen-bond donors (Lipinski definition) is 2. The maximum atomic E-state index is 9.74. The summed E-state index contributed by atoms with van der Waals surface area (Å²) in [4.78, 5) is 4.10. The van der Waals surface area contributed by atoms with E-state index in [0.717, 1.165) is 0 Å². The molecule has 16 heavy (non-hydrogen) atoms. The molecule has 0 spiro atoms. The maximum absolute atomic E-state index is 9.74. The lowest BCUT2D eigenvalue weighted by atomic mass is 10.0. The van der Waals surface area contributed by atoms with Crippen LogP contribution in [0.4, 0.5) is 0 Å². The molecule has 3 N–H and O–H groups in total. The number of rotatable bonds is 4. The summed E-state index contributed by atoms with van der Waals surface area (Å²) in [6.07, 6.45) is 1.75. The number of nitrogens with zero attached hydrogens (tertiary/aromatic N) is 2. The predicted molar refractivity (Wildman–Crippen MR) is 55.4 cm³/mol. The monoisotopic (exact) mass is 223 g/mol. The Morgan fingerprint density at radius 2 is 2.38 bits per heavy atom. The number of hydrogen-bond acceptors (Lipinski definition) is 6. The van der Waals surface area contributed by atoms with Crippen LogP contribution >= 0.6 is 0 Å². The second-order valence-corrected chi connectivity index (χ2v) is 3.87. The van der Waals surface area contributed by atoms with E-state index in [1.807, 2.05) is 0 Å². The van der Waals surface area contributed by atoms with Gasteiger partial charge in [0.1, 0.15) is 0 Å². The highest BCUT2D eigenvalue weighted by Gasteiger charge is 2.23. The van der Waals surface area contributed by atoms with Crippen LogP contribution in [-0.4, -0.2) is 27.4 Å². The van der Waals surface area contributed by atoms with Gasteiger partial charge in [-0.15, -0.1) is 0 Å². The molecule has 0 fully saturated rings. The molecule has 1 atom stereocenters. The third-order valence-corrected chi connectivity index (χ3v) is 2.18. The lowest BCUT2D eigenvalue weighted by molar-refractivity contribution is 0.0610. The van der Waals surface area contributed by atoms with Gasteiger partial charge in [0.2, 0.25) is 11.7 Å². The molecule has 0 aromatic carbocycles. The minimum Gasteiger partial charge on any atom is -0.461 e. The Kier molecular flexibility index (Phi) is 2.76. The maximum Gasteiger partial charge on any atom is 0.238 e. The first-order valence-electron chi connectivity index (χ1n) is 4.90. The van der Waals surface area contributed by atoms with Crippen LogP contribution in [0.15, 0.2) is 27.3 Å². The summed E-state index contributed by atoms with van der Waals surface area (Å²) < 4.78 is 10.1. The van der Waals surface area contributed by atoms with E-state index in [2.05, 4.69) is 10.1 Å². The first-order chi connectivity index (χ1) is 7.61. The fraction of sp³-hybridized carbons (Fsp3) is 0.400. The van der Waals surface area contributed by atoms with Crippen molar-refractivity contribution in [2.45, 2.75) is 18.9 Å². The van der Waals surface area contributed by atoms with Crippen molar-refractivity contribution in [2.24, 2.45) is 5.73 Å². The Morgan fingerprint density at radius 1 is 1.56 bits per heavy atom. The van der Waals surface area contributed by atoms with Gasteiger partial charge in [-0.1, -0.05) is 5.16 Å². The summed E-state index contributed by atoms with van der Waals surface area (Å²) in [5.41, 5.74) is 4.36. The highest BCUT2D eigenvalue weighted by Crippen LogP contribution is 2.17. The Morgan fingerprint density at radius 3 is 3.00 bits per heavy atom. The number of furan rings is 1. The molecule has 86 valence electrons. The summed E-state index contributed by atoms with van der Waals surface area (Å²) >= 11 is 0. The minimum atomic E-state index is -1.03. The first-order valence-corrected chi connectivity index (χ1v) is 4.90. The van der Waals surface area contributed by atoms with Crippen LogP contribution in [0.5, 0.6) is 0 Å². The Bertz CT molecular complexity index is 448. The van der Waals surface area contributed by atoms with Crippen molar-refractivity contribution in [1.82, 2.24) is 10.1 Å². The molecule has 0 saturated carbocycles. The van der Waals surface area contributed by atoms with E-state index in [9.17, 15) is 5.11 Å². The number of nitrogens with two attached hydrogens (primary N) is 1. The lowest BCUT2D eigenvalue weighted by Crippen LogP contribution is -2.36. The van der Waals surface area contributed by atoms with Crippen LogP contribution in [0.3, 0.4) is 0 Å². The summed E-state index contributed by atoms with van der Waals surface area (Å²) in [6, 6.07) is 3.47. The molecule has 2 heterocycles. The molecule has 1 unspecified atom stereocenters. The van der Waals surface area contributed by atoms with Crippen molar-refractivity contribution < 1.29 is 14.0 Å². The van der Waals surface area contributed by atoms with Crippen molar-refractivity contribution >= 4 is 0 Å². The van der Waals surface area contributed by atoms with Gasteiger partial charge in [0.25, 0.3) is 0 Å². The highest BCUT2D eigenvalue weighted by molar-refractivity contribution is 5.44. The molecule has 2 aromatic heterocycles. The zero-order valence-corrected chi connectivity index (χ0v) is 8.88. The summed E-state index contributed by atoms with van der Waals surface area (Å²) in [5, 5.41) is 13.5. The lowest BCUT2D eigenvalue weighted by Gasteiger charge is -2.17. The molecule has 6 nitrogen and oxygen atoms in total. The molecular formula is C10H13N3O3. The molecule has 2 rings (SSSR count). The van der Waals surface area contributed by atoms with Gasteiger partial charge in [0.05, 0.1) is 18.3 Å². The van der Waals surface area contributed by atoms with Crippen LogP contribution in [0.25, 0.3) is 11.6 Å². The molecule has 0 amide bonds. The van der Waals surface area contributed by atoms with Crippen LogP contribution in [-0.2, 0) is 6.42 Å². The predicted octanol–water partition coefficient (Wildman–Crippen LogP) is 0.582. The van der Waals surface area contributed by atoms with Gasteiger partial charge >= 0.3 is 0 Å². The third-order valence-electron chi connectivity index (χ3n) is 2.18. The fourth-order valence-electron chi connectivity index (χ4n) is 1.23. The van der Waals surface area contributed by atoms with E-state index in [4.69, 9.17) is 14.7 Å². The van der Waals surface area contributed by atoms with Crippen LogP contribution in [0.2, 0.25) is 0 Å². The second kappa shape index (κ2) is 4.07. The molecule has 0 aliphatic heterocycles. The van der Waals surface area contributed by atoms with Crippen molar-refractivity contribution in [1.29, 1.82) is 0 Å². The Labute approximate surface area is 92.1 Å². The summed E-state index contributed by atoms with van der Waals surface area (Å²) in [6.45, 7) is 1.75. The number of aromatic nitrogens is 2. The van der Waals surface area contributed by atoms with Crippen molar-refractivity contribution in [2.75, 3.05) is 6.54 Å². The van der Waals surface area contributed by atoms with Crippen molar-refractivity contribution in [3.63, 3.8) is 0 Å². The molecule has 0 aliphatic carbocycles. The van der Waals surface area contributed by atoms with E-state index >= 15 is 0 Å². The van der Waals surface area contributed by atoms with E-state index in [0.29, 0.717) is 17.5 Å². The largest absolute Gasteiger partial charge is 0.461 e. The smallest absolute Gasteiger partial charge is 0.238 e. The van der Waals surface area contributed by atoms with Gasteiger partial charge < -0.3 is 19.8 Å². The molecule has 0 aliphatic rings. The zero-order valence-electron chi connectivity index (χ0n) is 8.88. The first kappa shape index (κ1) is 10.8. The molecule has 0 radical (unpaired) electrons. The normalized spacial score (nSPS) is 14.9. The van der Waals surface area contributed by atoms with Gasteiger partial charge in [-0.25, -0.2) is 0 Å².